The third-order valence-corrected chi connectivity index (χ3v) is 6.25. The van der Waals surface area contributed by atoms with E-state index in [1.165, 1.54) is 4.90 Å². The number of urea groups is 1. The Hall–Kier alpha value is -3.06. The van der Waals surface area contributed by atoms with Gasteiger partial charge in [0.05, 0.1) is 20.9 Å². The highest BCUT2D eigenvalue weighted by atomic mass is 16.5. The molecule has 0 unspecified atom stereocenters. The summed E-state index contributed by atoms with van der Waals surface area (Å²) < 4.78 is 10.9. The van der Waals surface area contributed by atoms with E-state index in [4.69, 9.17) is 9.47 Å². The number of methoxy groups -OCH3 is 2. The van der Waals surface area contributed by atoms with Crippen LogP contribution in [0.5, 0.6) is 11.5 Å². The summed E-state index contributed by atoms with van der Waals surface area (Å²) in [6.45, 7) is 4.87. The number of hydrogen-bond acceptors (Lipinski definition) is 5. The van der Waals surface area contributed by atoms with Gasteiger partial charge in [0.1, 0.15) is 17.5 Å². The lowest BCUT2D eigenvalue weighted by Crippen LogP contribution is -2.42. The van der Waals surface area contributed by atoms with Gasteiger partial charge in [-0.1, -0.05) is 23.8 Å². The van der Waals surface area contributed by atoms with Crippen molar-refractivity contribution in [2.24, 2.45) is 0 Å². The lowest BCUT2D eigenvalue weighted by Gasteiger charge is -2.29. The number of amides is 3. The van der Waals surface area contributed by atoms with Gasteiger partial charge in [0.15, 0.2) is 0 Å². The lowest BCUT2D eigenvalue weighted by atomic mass is 10.0. The SMILES string of the molecule is COc1ccc([C@H]2CCCN2CN2C(=O)[C@@H](C)N(c3ccc(C)cc3)C2=O)c(OC)c1. The first-order chi connectivity index (χ1) is 14.9. The number of anilines is 1. The van der Waals surface area contributed by atoms with E-state index in [2.05, 4.69) is 4.90 Å². The molecule has 2 aliphatic heterocycles. The molecule has 2 aliphatic rings. The van der Waals surface area contributed by atoms with Gasteiger partial charge in [-0.25, -0.2) is 9.69 Å². The normalized spacial score (nSPS) is 21.8. The molecule has 0 aliphatic carbocycles. The zero-order valence-corrected chi connectivity index (χ0v) is 18.5. The molecule has 2 aromatic carbocycles. The monoisotopic (exact) mass is 423 g/mol. The molecule has 164 valence electrons. The first-order valence-electron chi connectivity index (χ1n) is 10.6. The maximum atomic E-state index is 13.2. The number of ether oxygens (including phenoxy) is 2. The van der Waals surface area contributed by atoms with Gasteiger partial charge in [-0.3, -0.25) is 14.6 Å². The van der Waals surface area contributed by atoms with Crippen LogP contribution in [-0.2, 0) is 4.79 Å². The Kier molecular flexibility index (Phi) is 5.87. The minimum atomic E-state index is -0.521. The Morgan fingerprint density at radius 1 is 1.03 bits per heavy atom. The number of benzene rings is 2. The van der Waals surface area contributed by atoms with E-state index in [-0.39, 0.29) is 24.6 Å². The topological polar surface area (TPSA) is 62.3 Å². The summed E-state index contributed by atoms with van der Waals surface area (Å²) in [6.07, 6.45) is 1.93. The smallest absolute Gasteiger partial charge is 0.333 e. The predicted molar refractivity (Wildman–Crippen MR) is 118 cm³/mol. The molecule has 0 bridgehead atoms. The van der Waals surface area contributed by atoms with Crippen molar-refractivity contribution < 1.29 is 19.1 Å². The second kappa shape index (κ2) is 8.59. The zero-order valence-electron chi connectivity index (χ0n) is 18.5. The summed E-state index contributed by atoms with van der Waals surface area (Å²) in [7, 11) is 3.27. The quantitative estimate of drug-likeness (QED) is 0.658. The molecule has 2 atom stereocenters. The summed E-state index contributed by atoms with van der Waals surface area (Å²) in [5.74, 6) is 1.32. The molecule has 7 nitrogen and oxygen atoms in total. The van der Waals surface area contributed by atoms with Gasteiger partial charge in [-0.05, 0) is 44.9 Å². The van der Waals surface area contributed by atoms with Gasteiger partial charge in [-0.2, -0.15) is 0 Å². The fourth-order valence-corrected chi connectivity index (χ4v) is 4.52. The van der Waals surface area contributed by atoms with E-state index in [0.29, 0.717) is 0 Å². The number of likely N-dealkylation sites (tertiary alicyclic amines) is 1. The molecule has 2 saturated heterocycles. The molecule has 4 rings (SSSR count). The molecule has 2 heterocycles. The number of rotatable bonds is 6. The molecule has 0 spiro atoms. The fraction of sp³-hybridized carbons (Fsp3) is 0.417. The molecule has 3 amide bonds. The molecular weight excluding hydrogens is 394 g/mol. The van der Waals surface area contributed by atoms with Crippen LogP contribution >= 0.6 is 0 Å². The van der Waals surface area contributed by atoms with Gasteiger partial charge in [-0.15, -0.1) is 0 Å². The van der Waals surface area contributed by atoms with Crippen LogP contribution in [0.25, 0.3) is 0 Å². The zero-order chi connectivity index (χ0) is 22.1. The van der Waals surface area contributed by atoms with Crippen LogP contribution in [0.3, 0.4) is 0 Å². The van der Waals surface area contributed by atoms with Gasteiger partial charge in [0.2, 0.25) is 0 Å². The maximum Gasteiger partial charge on any atom is 0.333 e. The summed E-state index contributed by atoms with van der Waals surface area (Å²) in [5.41, 5.74) is 2.90. The largest absolute Gasteiger partial charge is 0.497 e. The number of nitrogens with zero attached hydrogens (tertiary/aromatic N) is 3. The van der Waals surface area contributed by atoms with Crippen molar-refractivity contribution in [3.8, 4) is 11.5 Å². The van der Waals surface area contributed by atoms with Crippen LogP contribution in [0.1, 0.15) is 36.9 Å². The van der Waals surface area contributed by atoms with Crippen molar-refractivity contribution in [3.63, 3.8) is 0 Å². The van der Waals surface area contributed by atoms with Gasteiger partial charge < -0.3 is 9.47 Å². The van der Waals surface area contributed by atoms with Crippen molar-refractivity contribution in [2.75, 3.05) is 32.3 Å². The van der Waals surface area contributed by atoms with Crippen LogP contribution in [0.2, 0.25) is 0 Å². The van der Waals surface area contributed by atoms with E-state index >= 15 is 0 Å². The molecular formula is C24H29N3O4. The highest BCUT2D eigenvalue weighted by Crippen LogP contribution is 2.39. The second-order valence-corrected chi connectivity index (χ2v) is 8.15. The van der Waals surface area contributed by atoms with Gasteiger partial charge in [0, 0.05) is 29.9 Å². The number of hydrogen-bond donors (Lipinski definition) is 0. The highest BCUT2D eigenvalue weighted by Gasteiger charge is 2.45. The Balaban J connectivity index is 1.56. The second-order valence-electron chi connectivity index (χ2n) is 8.15. The van der Waals surface area contributed by atoms with Crippen molar-refractivity contribution in [3.05, 3.63) is 53.6 Å². The first-order valence-corrected chi connectivity index (χ1v) is 10.6. The van der Waals surface area contributed by atoms with E-state index in [1.54, 1.807) is 26.0 Å². The van der Waals surface area contributed by atoms with Gasteiger partial charge >= 0.3 is 6.03 Å². The summed E-state index contributed by atoms with van der Waals surface area (Å²) in [5, 5.41) is 0. The highest BCUT2D eigenvalue weighted by molar-refractivity contribution is 6.14. The molecule has 31 heavy (non-hydrogen) atoms. The minimum absolute atomic E-state index is 0.0742. The molecule has 0 saturated carbocycles. The van der Waals surface area contributed by atoms with Crippen LogP contribution in [0, 0.1) is 6.92 Å². The average molecular weight is 424 g/mol. The standard InChI is InChI=1S/C24H29N3O4/c1-16-7-9-18(10-8-16)27-17(2)23(28)26(24(27)29)15-25-13-5-6-21(25)20-12-11-19(30-3)14-22(20)31-4/h7-12,14,17,21H,5-6,13,15H2,1-4H3/t17-,21-/m1/s1. The Morgan fingerprint density at radius 2 is 1.77 bits per heavy atom. The van der Waals surface area contributed by atoms with Crippen LogP contribution < -0.4 is 14.4 Å². The maximum absolute atomic E-state index is 13.2. The Morgan fingerprint density at radius 3 is 2.45 bits per heavy atom. The van der Waals surface area contributed by atoms with Crippen molar-refractivity contribution >= 4 is 17.6 Å². The Bertz CT molecular complexity index is 975. The van der Waals surface area contributed by atoms with Crippen LogP contribution in [-0.4, -0.2) is 55.2 Å². The lowest BCUT2D eigenvalue weighted by molar-refractivity contribution is -0.128. The molecule has 0 radical (unpaired) electrons. The third-order valence-electron chi connectivity index (χ3n) is 6.25. The van der Waals surface area contributed by atoms with E-state index in [9.17, 15) is 9.59 Å². The van der Waals surface area contributed by atoms with E-state index < -0.39 is 6.04 Å². The average Bonchev–Trinajstić information content (AvgIpc) is 3.32. The summed E-state index contributed by atoms with van der Waals surface area (Å²) >= 11 is 0. The number of carbonyl (C=O) groups excluding carboxylic acids is 2. The molecule has 2 aromatic rings. The third kappa shape index (κ3) is 3.85. The Labute approximate surface area is 183 Å². The fourth-order valence-electron chi connectivity index (χ4n) is 4.52. The van der Waals surface area contributed by atoms with Crippen LogP contribution in [0.15, 0.2) is 42.5 Å². The van der Waals surface area contributed by atoms with Gasteiger partial charge in [0.25, 0.3) is 5.91 Å². The number of imide groups is 1. The van der Waals surface area contributed by atoms with Crippen molar-refractivity contribution in [1.82, 2.24) is 9.80 Å². The molecule has 2 fully saturated rings. The minimum Gasteiger partial charge on any atom is -0.497 e. The number of aryl methyl sites for hydroxylation is 1. The van der Waals surface area contributed by atoms with Crippen molar-refractivity contribution in [2.45, 2.75) is 38.8 Å². The van der Waals surface area contributed by atoms with Crippen molar-refractivity contribution in [1.29, 1.82) is 0 Å². The molecule has 0 aromatic heterocycles. The summed E-state index contributed by atoms with van der Waals surface area (Å²) in [6, 6.07) is 12.8. The van der Waals surface area contributed by atoms with E-state index in [0.717, 1.165) is 47.7 Å². The predicted octanol–water partition coefficient (Wildman–Crippen LogP) is 3.96. The number of carbonyl (C=O) groups is 2. The van der Waals surface area contributed by atoms with Crippen LogP contribution in [0.4, 0.5) is 10.5 Å². The molecule has 0 N–H and O–H groups in total. The summed E-state index contributed by atoms with van der Waals surface area (Å²) in [4.78, 5) is 31.4. The van der Waals surface area contributed by atoms with E-state index in [1.807, 2.05) is 49.4 Å². The first kappa shape index (κ1) is 21.2. The molecule has 7 heteroatoms.